The average Bonchev–Trinajstić information content (AvgIpc) is 3.33. The van der Waals surface area contributed by atoms with Gasteiger partial charge in [-0.05, 0) is 25.0 Å². The normalized spacial score (nSPS) is 19.0. The Morgan fingerprint density at radius 2 is 2.44 bits per heavy atom. The van der Waals surface area contributed by atoms with Crippen LogP contribution in [0.1, 0.15) is 49.1 Å². The number of nitrogens with one attached hydrogen (secondary N) is 2. The molecule has 3 rings (SSSR count). The van der Waals surface area contributed by atoms with Crippen LogP contribution in [0.2, 0.25) is 0 Å². The highest BCUT2D eigenvalue weighted by Crippen LogP contribution is 2.25. The van der Waals surface area contributed by atoms with Gasteiger partial charge < -0.3 is 24.4 Å². The third kappa shape index (κ3) is 4.22. The largest absolute Gasteiger partial charge is 0.464 e. The fraction of sp³-hybridized carbons (Fsp3) is 0.556. The van der Waals surface area contributed by atoms with Crippen LogP contribution in [-0.4, -0.2) is 47.7 Å². The van der Waals surface area contributed by atoms with Gasteiger partial charge in [0.15, 0.2) is 0 Å². The number of furan rings is 1. The molecule has 0 spiro atoms. The molecule has 1 aliphatic rings. The molecule has 2 atom stereocenters. The lowest BCUT2D eigenvalue weighted by Gasteiger charge is -2.33. The van der Waals surface area contributed by atoms with E-state index in [1.165, 1.54) is 0 Å². The van der Waals surface area contributed by atoms with Crippen LogP contribution in [0.15, 0.2) is 28.9 Å². The predicted molar refractivity (Wildman–Crippen MR) is 93.4 cm³/mol. The zero-order valence-electron chi connectivity index (χ0n) is 14.8. The van der Waals surface area contributed by atoms with Gasteiger partial charge in [0.2, 0.25) is 0 Å². The number of aromatic amines is 1. The van der Waals surface area contributed by atoms with E-state index < -0.39 is 0 Å². The number of aryl methyl sites for hydroxylation is 1. The summed E-state index contributed by atoms with van der Waals surface area (Å²) in [5.41, 5.74) is 0. The molecule has 1 aliphatic heterocycles. The Balaban J connectivity index is 1.64. The third-order valence-electron chi connectivity index (χ3n) is 4.62. The molecule has 0 saturated carbocycles. The van der Waals surface area contributed by atoms with E-state index in [9.17, 15) is 4.79 Å². The summed E-state index contributed by atoms with van der Waals surface area (Å²) in [6.45, 7) is 3.82. The van der Waals surface area contributed by atoms with E-state index in [1.54, 1.807) is 13.3 Å². The minimum atomic E-state index is -0.290. The molecule has 1 fully saturated rings. The summed E-state index contributed by atoms with van der Waals surface area (Å²) >= 11 is 0. The molecular weight excluding hydrogens is 320 g/mol. The van der Waals surface area contributed by atoms with Crippen LogP contribution in [0.4, 0.5) is 4.79 Å². The van der Waals surface area contributed by atoms with Crippen molar-refractivity contribution in [2.75, 3.05) is 26.8 Å². The molecular formula is C18H26N4O3. The quantitative estimate of drug-likeness (QED) is 0.842. The van der Waals surface area contributed by atoms with Crippen molar-refractivity contribution in [2.24, 2.45) is 0 Å². The molecule has 1 saturated heterocycles. The average molecular weight is 346 g/mol. The Bertz CT molecular complexity index is 668. The van der Waals surface area contributed by atoms with E-state index in [1.807, 2.05) is 30.2 Å². The van der Waals surface area contributed by atoms with Gasteiger partial charge >= 0.3 is 6.03 Å². The lowest BCUT2D eigenvalue weighted by atomic mass is 9.97. The number of amides is 2. The number of piperidine rings is 1. The van der Waals surface area contributed by atoms with Crippen LogP contribution in [0, 0.1) is 0 Å². The maximum Gasteiger partial charge on any atom is 0.318 e. The van der Waals surface area contributed by atoms with Crippen LogP contribution in [0.25, 0.3) is 0 Å². The van der Waals surface area contributed by atoms with Crippen molar-refractivity contribution >= 4 is 6.03 Å². The Morgan fingerprint density at radius 1 is 1.56 bits per heavy atom. The molecule has 3 heterocycles. The van der Waals surface area contributed by atoms with Crippen molar-refractivity contribution in [1.29, 1.82) is 0 Å². The zero-order chi connectivity index (χ0) is 17.6. The van der Waals surface area contributed by atoms with Gasteiger partial charge in [-0.2, -0.15) is 0 Å². The Morgan fingerprint density at radius 3 is 3.12 bits per heavy atom. The van der Waals surface area contributed by atoms with Crippen molar-refractivity contribution < 1.29 is 13.9 Å². The molecule has 7 heteroatoms. The van der Waals surface area contributed by atoms with Crippen LogP contribution in [0.5, 0.6) is 0 Å². The molecule has 0 aliphatic carbocycles. The first-order valence-corrected chi connectivity index (χ1v) is 8.83. The van der Waals surface area contributed by atoms with E-state index >= 15 is 0 Å². The topological polar surface area (TPSA) is 83.4 Å². The Hall–Kier alpha value is -2.28. The predicted octanol–water partition coefficient (Wildman–Crippen LogP) is 2.84. The van der Waals surface area contributed by atoms with Crippen LogP contribution in [-0.2, 0) is 11.2 Å². The number of imidazole rings is 1. The number of urea groups is 1. The van der Waals surface area contributed by atoms with Crippen molar-refractivity contribution in [3.63, 3.8) is 0 Å². The van der Waals surface area contributed by atoms with E-state index in [0.29, 0.717) is 13.2 Å². The maximum atomic E-state index is 12.7. The van der Waals surface area contributed by atoms with E-state index in [4.69, 9.17) is 9.15 Å². The van der Waals surface area contributed by atoms with Gasteiger partial charge in [0.05, 0.1) is 6.61 Å². The summed E-state index contributed by atoms with van der Waals surface area (Å²) in [4.78, 5) is 22.1. The molecule has 25 heavy (non-hydrogen) atoms. The summed E-state index contributed by atoms with van der Waals surface area (Å²) in [5.74, 6) is 2.84. The number of rotatable bonds is 6. The summed E-state index contributed by atoms with van der Waals surface area (Å²) in [6, 6.07) is 3.47. The molecule has 2 N–H and O–H groups in total. The Labute approximate surface area is 147 Å². The van der Waals surface area contributed by atoms with Gasteiger partial charge in [-0.25, -0.2) is 9.78 Å². The van der Waals surface area contributed by atoms with Crippen molar-refractivity contribution in [3.8, 4) is 0 Å². The lowest BCUT2D eigenvalue weighted by molar-refractivity contribution is 0.140. The maximum absolute atomic E-state index is 12.7. The van der Waals surface area contributed by atoms with Gasteiger partial charge in [-0.15, -0.1) is 0 Å². The molecule has 7 nitrogen and oxygen atoms in total. The Kier molecular flexibility index (Phi) is 5.75. The molecule has 2 aromatic rings. The number of carbonyl (C=O) groups is 1. The van der Waals surface area contributed by atoms with Crippen molar-refractivity contribution in [1.82, 2.24) is 20.2 Å². The zero-order valence-corrected chi connectivity index (χ0v) is 14.8. The number of likely N-dealkylation sites (tertiary alicyclic amines) is 1. The highest BCUT2D eigenvalue weighted by Gasteiger charge is 2.28. The first kappa shape index (κ1) is 17.5. The van der Waals surface area contributed by atoms with Gasteiger partial charge in [0.25, 0.3) is 0 Å². The summed E-state index contributed by atoms with van der Waals surface area (Å²) in [7, 11) is 1.62. The van der Waals surface area contributed by atoms with Gasteiger partial charge in [0.1, 0.15) is 23.4 Å². The standard InChI is InChI=1S/C18H26N4O3/c1-3-14-6-7-16(25-14)15(12-24-2)21-18(23)22-10-4-5-13(11-22)17-19-8-9-20-17/h6-9,13,15H,3-5,10-12H2,1-2H3,(H,19,20)(H,21,23)/t13-,15-/m0/s1. The second-order valence-electron chi connectivity index (χ2n) is 6.37. The minimum Gasteiger partial charge on any atom is -0.464 e. The van der Waals surface area contributed by atoms with Gasteiger partial charge in [0, 0.05) is 44.9 Å². The first-order chi connectivity index (χ1) is 12.2. The number of carbonyl (C=O) groups excluding carboxylic acids is 1. The van der Waals surface area contributed by atoms with Crippen molar-refractivity contribution in [2.45, 2.75) is 38.1 Å². The molecule has 2 amide bonds. The lowest BCUT2D eigenvalue weighted by Crippen LogP contribution is -2.46. The number of aromatic nitrogens is 2. The number of hydrogen-bond acceptors (Lipinski definition) is 4. The molecule has 2 aromatic heterocycles. The number of H-pyrrole nitrogens is 1. The van der Waals surface area contributed by atoms with Crippen LogP contribution < -0.4 is 5.32 Å². The highest BCUT2D eigenvalue weighted by molar-refractivity contribution is 5.74. The minimum absolute atomic E-state index is 0.0900. The second kappa shape index (κ2) is 8.20. The van der Waals surface area contributed by atoms with E-state index in [2.05, 4.69) is 15.3 Å². The first-order valence-electron chi connectivity index (χ1n) is 8.83. The molecule has 0 bridgehead atoms. The van der Waals surface area contributed by atoms with E-state index in [0.717, 1.165) is 43.2 Å². The molecule has 0 aromatic carbocycles. The number of hydrogen-bond donors (Lipinski definition) is 2. The van der Waals surface area contributed by atoms with Crippen molar-refractivity contribution in [3.05, 3.63) is 41.9 Å². The monoisotopic (exact) mass is 346 g/mol. The molecule has 136 valence electrons. The van der Waals surface area contributed by atoms with Gasteiger partial charge in [-0.3, -0.25) is 0 Å². The molecule has 0 unspecified atom stereocenters. The number of nitrogens with zero attached hydrogens (tertiary/aromatic N) is 2. The second-order valence-corrected chi connectivity index (χ2v) is 6.37. The summed E-state index contributed by atoms with van der Waals surface area (Å²) in [6.07, 6.45) is 6.41. The fourth-order valence-corrected chi connectivity index (χ4v) is 3.26. The van der Waals surface area contributed by atoms with Crippen LogP contribution >= 0.6 is 0 Å². The third-order valence-corrected chi connectivity index (χ3v) is 4.62. The highest BCUT2D eigenvalue weighted by atomic mass is 16.5. The number of ether oxygens (including phenoxy) is 1. The fourth-order valence-electron chi connectivity index (χ4n) is 3.26. The smallest absolute Gasteiger partial charge is 0.318 e. The van der Waals surface area contributed by atoms with E-state index in [-0.39, 0.29) is 18.0 Å². The summed E-state index contributed by atoms with van der Waals surface area (Å²) < 4.78 is 11.0. The SMILES string of the molecule is CCc1ccc([C@H](COC)NC(=O)N2CCC[C@H](c3ncc[nH]3)C2)o1. The summed E-state index contributed by atoms with van der Waals surface area (Å²) in [5, 5.41) is 3.04. The molecule has 0 radical (unpaired) electrons. The van der Waals surface area contributed by atoms with Crippen LogP contribution in [0.3, 0.4) is 0 Å². The van der Waals surface area contributed by atoms with Gasteiger partial charge in [-0.1, -0.05) is 6.92 Å². The number of methoxy groups -OCH3 is 1.